The molecule has 84 valence electrons. The van der Waals surface area contributed by atoms with Crippen molar-refractivity contribution in [3.8, 4) is 0 Å². The van der Waals surface area contributed by atoms with Gasteiger partial charge in [-0.1, -0.05) is 6.07 Å². The van der Waals surface area contributed by atoms with E-state index >= 15 is 0 Å². The highest BCUT2D eigenvalue weighted by atomic mass is 19.1. The lowest BCUT2D eigenvalue weighted by atomic mass is 10.1. The van der Waals surface area contributed by atoms with E-state index in [0.717, 1.165) is 12.3 Å². The highest BCUT2D eigenvalue weighted by Gasteiger charge is 2.11. The van der Waals surface area contributed by atoms with Crippen LogP contribution in [-0.4, -0.2) is 24.3 Å². The molecule has 0 aromatic heterocycles. The van der Waals surface area contributed by atoms with Gasteiger partial charge in [0.15, 0.2) is 0 Å². The van der Waals surface area contributed by atoms with Crippen LogP contribution < -0.4 is 5.32 Å². The molecule has 4 nitrogen and oxygen atoms in total. The predicted molar refractivity (Wildman–Crippen MR) is 59.2 cm³/mol. The van der Waals surface area contributed by atoms with Gasteiger partial charge in [-0.2, -0.15) is 0 Å². The van der Waals surface area contributed by atoms with Crippen molar-refractivity contribution in [1.29, 1.82) is 5.41 Å². The summed E-state index contributed by atoms with van der Waals surface area (Å²) in [7, 11) is 1.64. The highest BCUT2D eigenvalue weighted by Crippen LogP contribution is 2.15. The van der Waals surface area contributed by atoms with E-state index in [9.17, 15) is 9.18 Å². The molecule has 0 bridgehead atoms. The van der Waals surface area contributed by atoms with Gasteiger partial charge in [0, 0.05) is 24.5 Å². The van der Waals surface area contributed by atoms with Gasteiger partial charge in [0.05, 0.1) is 5.56 Å². The van der Waals surface area contributed by atoms with Crippen LogP contribution in [0.5, 0.6) is 0 Å². The topological polar surface area (TPSA) is 73.2 Å². The Bertz CT molecular complexity index is 455. The normalized spacial score (nSPS) is 11.0. The molecule has 0 spiro atoms. The second-order valence-electron chi connectivity index (χ2n) is 3.00. The van der Waals surface area contributed by atoms with Gasteiger partial charge in [-0.25, -0.2) is 9.18 Å². The maximum Gasteiger partial charge on any atom is 0.338 e. The van der Waals surface area contributed by atoms with Crippen LogP contribution in [-0.2, 0) is 0 Å². The van der Waals surface area contributed by atoms with Crippen LogP contribution in [0.25, 0.3) is 5.70 Å². The third-order valence-electron chi connectivity index (χ3n) is 2.03. The first-order valence-electron chi connectivity index (χ1n) is 4.52. The summed E-state index contributed by atoms with van der Waals surface area (Å²) >= 11 is 0. The Kier molecular flexibility index (Phi) is 3.77. The molecule has 0 fully saturated rings. The first-order valence-corrected chi connectivity index (χ1v) is 4.52. The van der Waals surface area contributed by atoms with Crippen molar-refractivity contribution in [3.63, 3.8) is 0 Å². The van der Waals surface area contributed by atoms with Crippen LogP contribution in [0.1, 0.15) is 15.9 Å². The maximum atomic E-state index is 13.3. The van der Waals surface area contributed by atoms with E-state index in [1.165, 1.54) is 18.2 Å². The number of nitrogens with one attached hydrogen (secondary N) is 2. The lowest BCUT2D eigenvalue weighted by molar-refractivity contribution is 0.0692. The lowest BCUT2D eigenvalue weighted by Crippen LogP contribution is -2.07. The van der Waals surface area contributed by atoms with Crippen molar-refractivity contribution in [1.82, 2.24) is 5.32 Å². The number of allylic oxidation sites excluding steroid dienone is 1. The molecule has 0 saturated carbocycles. The predicted octanol–water partition coefficient (Wildman–Crippen LogP) is 1.73. The van der Waals surface area contributed by atoms with Crippen molar-refractivity contribution < 1.29 is 14.3 Å². The second kappa shape index (κ2) is 5.06. The molecular formula is C11H11FN2O2. The van der Waals surface area contributed by atoms with Gasteiger partial charge in [-0.05, 0) is 18.2 Å². The largest absolute Gasteiger partial charge is 0.478 e. The van der Waals surface area contributed by atoms with Crippen LogP contribution in [0.2, 0.25) is 0 Å². The van der Waals surface area contributed by atoms with E-state index in [4.69, 9.17) is 10.5 Å². The number of carbonyl (C=O) groups is 1. The SMILES string of the molecule is CN/C(=C\C=N)c1ccc(C(=O)O)c(F)c1. The molecule has 0 amide bonds. The van der Waals surface area contributed by atoms with E-state index in [2.05, 4.69) is 5.32 Å². The second-order valence-corrected chi connectivity index (χ2v) is 3.00. The Hall–Kier alpha value is -2.17. The fourth-order valence-corrected chi connectivity index (χ4v) is 1.26. The van der Waals surface area contributed by atoms with Gasteiger partial charge < -0.3 is 15.8 Å². The van der Waals surface area contributed by atoms with Crippen molar-refractivity contribution >= 4 is 17.9 Å². The molecule has 0 aliphatic heterocycles. The monoisotopic (exact) mass is 222 g/mol. The van der Waals surface area contributed by atoms with Crippen LogP contribution in [0, 0.1) is 11.2 Å². The Morgan fingerprint density at radius 2 is 2.25 bits per heavy atom. The summed E-state index contributed by atoms with van der Waals surface area (Å²) in [6, 6.07) is 3.80. The maximum absolute atomic E-state index is 13.3. The Balaban J connectivity index is 3.19. The summed E-state index contributed by atoms with van der Waals surface area (Å²) in [6.45, 7) is 0. The molecule has 16 heavy (non-hydrogen) atoms. The van der Waals surface area contributed by atoms with E-state index in [1.807, 2.05) is 0 Å². The zero-order valence-electron chi connectivity index (χ0n) is 8.62. The minimum Gasteiger partial charge on any atom is -0.478 e. The van der Waals surface area contributed by atoms with Crippen molar-refractivity contribution in [2.75, 3.05) is 7.05 Å². The summed E-state index contributed by atoms with van der Waals surface area (Å²) in [5, 5.41) is 18.4. The van der Waals surface area contributed by atoms with Gasteiger partial charge in [0.25, 0.3) is 0 Å². The standard InChI is InChI=1S/C11H11FN2O2/c1-14-10(4-5-13)7-2-3-8(11(15)16)9(12)6-7/h2-6,13-14H,1H3,(H,15,16)/b10-4-,13-5?. The van der Waals surface area contributed by atoms with Gasteiger partial charge in [-0.3, -0.25) is 0 Å². The van der Waals surface area contributed by atoms with Crippen LogP contribution in [0.3, 0.4) is 0 Å². The van der Waals surface area contributed by atoms with Crippen LogP contribution >= 0.6 is 0 Å². The molecule has 0 unspecified atom stereocenters. The van der Waals surface area contributed by atoms with Gasteiger partial charge in [0.2, 0.25) is 0 Å². The molecule has 1 aromatic carbocycles. The smallest absolute Gasteiger partial charge is 0.338 e. The van der Waals surface area contributed by atoms with Crippen LogP contribution in [0.4, 0.5) is 4.39 Å². The highest BCUT2D eigenvalue weighted by molar-refractivity contribution is 5.89. The zero-order chi connectivity index (χ0) is 12.1. The third kappa shape index (κ3) is 2.44. The molecule has 0 atom stereocenters. The summed E-state index contributed by atoms with van der Waals surface area (Å²) in [5.41, 5.74) is 0.674. The number of carboxylic acid groups (broad SMARTS) is 1. The third-order valence-corrected chi connectivity index (χ3v) is 2.03. The molecule has 0 aliphatic rings. The molecule has 1 rings (SSSR count). The minimum atomic E-state index is -1.30. The van der Waals surface area contributed by atoms with E-state index in [1.54, 1.807) is 7.05 Å². The fourth-order valence-electron chi connectivity index (χ4n) is 1.26. The van der Waals surface area contributed by atoms with Gasteiger partial charge in [0.1, 0.15) is 5.82 Å². The summed E-state index contributed by atoms with van der Waals surface area (Å²) in [5.74, 6) is -2.10. The van der Waals surface area contributed by atoms with E-state index < -0.39 is 11.8 Å². The molecule has 0 heterocycles. The zero-order valence-corrected chi connectivity index (χ0v) is 8.62. The van der Waals surface area contributed by atoms with Crippen molar-refractivity contribution in [2.24, 2.45) is 0 Å². The molecule has 5 heteroatoms. The first-order chi connectivity index (χ1) is 7.60. The molecule has 0 aliphatic carbocycles. The summed E-state index contributed by atoms with van der Waals surface area (Å²) in [6.07, 6.45) is 2.52. The number of carboxylic acids is 1. The first kappa shape index (κ1) is 11.9. The number of aromatic carboxylic acids is 1. The number of benzene rings is 1. The van der Waals surface area contributed by atoms with Gasteiger partial charge >= 0.3 is 5.97 Å². The lowest BCUT2D eigenvalue weighted by Gasteiger charge is -2.07. The average Bonchev–Trinajstić information content (AvgIpc) is 2.25. The summed E-state index contributed by atoms with van der Waals surface area (Å²) < 4.78 is 13.3. The van der Waals surface area contributed by atoms with Crippen molar-refractivity contribution in [3.05, 3.63) is 41.2 Å². The van der Waals surface area contributed by atoms with Crippen LogP contribution in [0.15, 0.2) is 24.3 Å². The molecule has 0 radical (unpaired) electrons. The molecular weight excluding hydrogens is 211 g/mol. The molecule has 1 aromatic rings. The Morgan fingerprint density at radius 3 is 2.69 bits per heavy atom. The summed E-state index contributed by atoms with van der Waals surface area (Å²) in [4.78, 5) is 10.6. The Labute approximate surface area is 91.9 Å². The molecule has 3 N–H and O–H groups in total. The number of halogens is 1. The fraction of sp³-hybridized carbons (Fsp3) is 0.0909. The number of rotatable bonds is 4. The number of hydrogen-bond acceptors (Lipinski definition) is 3. The van der Waals surface area contributed by atoms with E-state index in [-0.39, 0.29) is 5.56 Å². The van der Waals surface area contributed by atoms with Crippen molar-refractivity contribution in [2.45, 2.75) is 0 Å². The quantitative estimate of drug-likeness (QED) is 0.679. The molecule has 0 saturated heterocycles. The van der Waals surface area contributed by atoms with Gasteiger partial charge in [-0.15, -0.1) is 0 Å². The Morgan fingerprint density at radius 1 is 1.56 bits per heavy atom. The minimum absolute atomic E-state index is 0.367. The van der Waals surface area contributed by atoms with E-state index in [0.29, 0.717) is 11.3 Å². The average molecular weight is 222 g/mol. The number of hydrogen-bond donors (Lipinski definition) is 3.